The molecule has 0 saturated carbocycles. The Morgan fingerprint density at radius 2 is 2.13 bits per heavy atom. The van der Waals surface area contributed by atoms with E-state index in [1.54, 1.807) is 0 Å². The van der Waals surface area contributed by atoms with Crippen molar-refractivity contribution in [2.75, 3.05) is 45.9 Å². The fraction of sp³-hybridized carbons (Fsp3) is 0.588. The van der Waals surface area contributed by atoms with Crippen molar-refractivity contribution >= 4 is 5.91 Å². The lowest BCUT2D eigenvalue weighted by Crippen LogP contribution is -2.51. The van der Waals surface area contributed by atoms with Gasteiger partial charge in [-0.05, 0) is 5.56 Å². The van der Waals surface area contributed by atoms with E-state index in [9.17, 15) is 4.79 Å². The van der Waals surface area contributed by atoms with Crippen molar-refractivity contribution in [2.24, 2.45) is 0 Å². The highest BCUT2D eigenvalue weighted by atomic mass is 16.5. The number of rotatable bonds is 5. The van der Waals surface area contributed by atoms with E-state index in [4.69, 9.17) is 9.47 Å². The molecule has 2 aliphatic heterocycles. The number of hydrogen-bond donors (Lipinski definition) is 2. The first-order valence-corrected chi connectivity index (χ1v) is 8.29. The Hall–Kier alpha value is -1.47. The Labute approximate surface area is 137 Å². The van der Waals surface area contributed by atoms with Crippen LogP contribution in [0, 0.1) is 0 Å². The van der Waals surface area contributed by atoms with Gasteiger partial charge in [0.1, 0.15) is 6.10 Å². The van der Waals surface area contributed by atoms with Crippen LogP contribution < -0.4 is 10.6 Å². The molecule has 1 aromatic rings. The van der Waals surface area contributed by atoms with E-state index in [-0.39, 0.29) is 18.1 Å². The number of nitrogens with zero attached hydrogens (tertiary/aromatic N) is 1. The van der Waals surface area contributed by atoms with E-state index in [2.05, 4.69) is 39.8 Å². The third-order valence-corrected chi connectivity index (χ3v) is 4.20. The summed E-state index contributed by atoms with van der Waals surface area (Å²) in [6.07, 6.45) is -0.347. The molecule has 1 amide bonds. The number of nitrogens with one attached hydrogen (secondary N) is 2. The van der Waals surface area contributed by atoms with Gasteiger partial charge in [0.05, 0.1) is 19.3 Å². The van der Waals surface area contributed by atoms with Crippen LogP contribution in [0.1, 0.15) is 5.56 Å². The first kappa shape index (κ1) is 16.4. The third-order valence-electron chi connectivity index (χ3n) is 4.20. The minimum absolute atomic E-state index is 0.0351. The summed E-state index contributed by atoms with van der Waals surface area (Å²) in [7, 11) is 0. The van der Waals surface area contributed by atoms with E-state index >= 15 is 0 Å². The molecule has 2 saturated heterocycles. The van der Waals surface area contributed by atoms with Crippen LogP contribution in [0.2, 0.25) is 0 Å². The number of benzene rings is 1. The Morgan fingerprint density at radius 1 is 1.26 bits per heavy atom. The van der Waals surface area contributed by atoms with E-state index < -0.39 is 0 Å². The standard InChI is InChI=1S/C17H25N3O3/c21-17(16-11-18-6-8-23-16)19-10-15-13-20(7-9-22-15)12-14-4-2-1-3-5-14/h1-5,15-16,18H,6-13H2,(H,19,21). The molecule has 2 heterocycles. The number of amides is 1. The van der Waals surface area contributed by atoms with Crippen LogP contribution >= 0.6 is 0 Å². The van der Waals surface area contributed by atoms with Gasteiger partial charge in [0, 0.05) is 39.3 Å². The molecule has 0 spiro atoms. The first-order chi connectivity index (χ1) is 11.3. The summed E-state index contributed by atoms with van der Waals surface area (Å²) in [5.41, 5.74) is 1.30. The number of carbonyl (C=O) groups is 1. The maximum Gasteiger partial charge on any atom is 0.250 e. The lowest BCUT2D eigenvalue weighted by Gasteiger charge is -2.33. The summed E-state index contributed by atoms with van der Waals surface area (Å²) in [5.74, 6) is -0.0546. The Morgan fingerprint density at radius 3 is 2.91 bits per heavy atom. The number of ether oxygens (including phenoxy) is 2. The van der Waals surface area contributed by atoms with Crippen LogP contribution in [0.25, 0.3) is 0 Å². The second-order valence-electron chi connectivity index (χ2n) is 6.02. The SMILES string of the molecule is O=C(NCC1CN(Cc2ccccc2)CCO1)C1CNCCO1. The molecule has 2 atom stereocenters. The second kappa shape index (κ2) is 8.40. The summed E-state index contributed by atoms with van der Waals surface area (Å²) in [6, 6.07) is 10.4. The lowest BCUT2D eigenvalue weighted by atomic mass is 10.2. The average molecular weight is 319 g/mol. The Bertz CT molecular complexity index is 491. The van der Waals surface area contributed by atoms with Crippen LogP contribution in [-0.2, 0) is 20.8 Å². The monoisotopic (exact) mass is 319 g/mol. The zero-order valence-corrected chi connectivity index (χ0v) is 13.4. The minimum Gasteiger partial charge on any atom is -0.374 e. The molecule has 23 heavy (non-hydrogen) atoms. The Kier molecular flexibility index (Phi) is 5.99. The molecular formula is C17H25N3O3. The molecule has 2 N–H and O–H groups in total. The van der Waals surface area contributed by atoms with E-state index in [1.165, 1.54) is 5.56 Å². The molecule has 0 aliphatic carbocycles. The van der Waals surface area contributed by atoms with Crippen molar-refractivity contribution in [3.8, 4) is 0 Å². The van der Waals surface area contributed by atoms with Crippen molar-refractivity contribution in [1.29, 1.82) is 0 Å². The highest BCUT2D eigenvalue weighted by Crippen LogP contribution is 2.10. The molecule has 2 aliphatic rings. The van der Waals surface area contributed by atoms with Gasteiger partial charge in [0.25, 0.3) is 5.91 Å². The van der Waals surface area contributed by atoms with Gasteiger partial charge in [0.2, 0.25) is 0 Å². The van der Waals surface area contributed by atoms with Crippen LogP contribution in [0.4, 0.5) is 0 Å². The molecule has 6 heteroatoms. The van der Waals surface area contributed by atoms with E-state index in [0.717, 1.165) is 26.2 Å². The van der Waals surface area contributed by atoms with Crippen molar-refractivity contribution in [3.63, 3.8) is 0 Å². The predicted octanol–water partition coefficient (Wildman–Crippen LogP) is -0.00800. The highest BCUT2D eigenvalue weighted by molar-refractivity contribution is 5.81. The summed E-state index contributed by atoms with van der Waals surface area (Å²) in [4.78, 5) is 14.4. The van der Waals surface area contributed by atoms with Gasteiger partial charge in [-0.1, -0.05) is 30.3 Å². The minimum atomic E-state index is -0.382. The topological polar surface area (TPSA) is 62.8 Å². The van der Waals surface area contributed by atoms with E-state index in [1.807, 2.05) is 6.07 Å². The average Bonchev–Trinajstić information content (AvgIpc) is 2.62. The molecule has 2 fully saturated rings. The quantitative estimate of drug-likeness (QED) is 0.799. The highest BCUT2D eigenvalue weighted by Gasteiger charge is 2.25. The molecule has 1 aromatic carbocycles. The summed E-state index contributed by atoms with van der Waals surface area (Å²) >= 11 is 0. The maximum absolute atomic E-state index is 12.1. The van der Waals surface area contributed by atoms with Crippen molar-refractivity contribution < 1.29 is 14.3 Å². The molecule has 6 nitrogen and oxygen atoms in total. The Balaban J connectivity index is 1.42. The van der Waals surface area contributed by atoms with Gasteiger partial charge < -0.3 is 20.1 Å². The second-order valence-corrected chi connectivity index (χ2v) is 6.02. The van der Waals surface area contributed by atoms with Crippen LogP contribution in [0.15, 0.2) is 30.3 Å². The summed E-state index contributed by atoms with van der Waals surface area (Å²) in [5, 5.41) is 6.11. The van der Waals surface area contributed by atoms with E-state index in [0.29, 0.717) is 26.3 Å². The molecule has 0 aromatic heterocycles. The number of morpholine rings is 2. The van der Waals surface area contributed by atoms with Crippen molar-refractivity contribution in [3.05, 3.63) is 35.9 Å². The number of carbonyl (C=O) groups excluding carboxylic acids is 1. The zero-order chi connectivity index (χ0) is 15.9. The molecule has 2 unspecified atom stereocenters. The fourth-order valence-corrected chi connectivity index (χ4v) is 2.95. The molecule has 126 valence electrons. The van der Waals surface area contributed by atoms with Gasteiger partial charge in [-0.25, -0.2) is 0 Å². The summed E-state index contributed by atoms with van der Waals surface area (Å²) in [6.45, 7) is 5.89. The largest absolute Gasteiger partial charge is 0.374 e. The fourth-order valence-electron chi connectivity index (χ4n) is 2.95. The van der Waals surface area contributed by atoms with Crippen LogP contribution in [0.3, 0.4) is 0 Å². The number of hydrogen-bond acceptors (Lipinski definition) is 5. The smallest absolute Gasteiger partial charge is 0.250 e. The normalized spacial score (nSPS) is 25.9. The predicted molar refractivity (Wildman–Crippen MR) is 87.1 cm³/mol. The van der Waals surface area contributed by atoms with Crippen LogP contribution in [0.5, 0.6) is 0 Å². The van der Waals surface area contributed by atoms with Gasteiger partial charge in [0.15, 0.2) is 0 Å². The molecule has 0 bridgehead atoms. The maximum atomic E-state index is 12.1. The van der Waals surface area contributed by atoms with Gasteiger partial charge >= 0.3 is 0 Å². The van der Waals surface area contributed by atoms with Gasteiger partial charge in [-0.15, -0.1) is 0 Å². The zero-order valence-electron chi connectivity index (χ0n) is 13.4. The third kappa shape index (κ3) is 5.00. The van der Waals surface area contributed by atoms with Crippen molar-refractivity contribution in [2.45, 2.75) is 18.8 Å². The molecule has 0 radical (unpaired) electrons. The van der Waals surface area contributed by atoms with Crippen molar-refractivity contribution in [1.82, 2.24) is 15.5 Å². The van der Waals surface area contributed by atoms with Gasteiger partial charge in [-0.2, -0.15) is 0 Å². The molecular weight excluding hydrogens is 294 g/mol. The molecule has 3 rings (SSSR count). The lowest BCUT2D eigenvalue weighted by molar-refractivity contribution is -0.135. The van der Waals surface area contributed by atoms with Crippen LogP contribution in [-0.4, -0.2) is 69.0 Å². The summed E-state index contributed by atoms with van der Waals surface area (Å²) < 4.78 is 11.2. The first-order valence-electron chi connectivity index (χ1n) is 8.29. The van der Waals surface area contributed by atoms with Gasteiger partial charge in [-0.3, -0.25) is 9.69 Å².